The Bertz CT molecular complexity index is 820. The Hall–Kier alpha value is -1.51. The maximum atomic E-state index is 12.7. The molecule has 1 aliphatic rings. The highest BCUT2D eigenvalue weighted by Gasteiger charge is 2.34. The van der Waals surface area contributed by atoms with Crippen molar-refractivity contribution >= 4 is 20.2 Å². The van der Waals surface area contributed by atoms with Gasteiger partial charge in [-0.15, -0.1) is 0 Å². The summed E-state index contributed by atoms with van der Waals surface area (Å²) >= 11 is 0. The fourth-order valence-electron chi connectivity index (χ4n) is 2.29. The summed E-state index contributed by atoms with van der Waals surface area (Å²) in [5, 5.41) is 9.06. The number of piperazine rings is 1. The summed E-state index contributed by atoms with van der Waals surface area (Å²) in [6.07, 6.45) is 0. The van der Waals surface area contributed by atoms with Crippen LogP contribution in [0.3, 0.4) is 0 Å². The molecule has 23 heavy (non-hydrogen) atoms. The molecular weight excluding hydrogens is 340 g/mol. The first-order valence-electron chi connectivity index (χ1n) is 6.88. The average molecular weight is 358 g/mol. The summed E-state index contributed by atoms with van der Waals surface area (Å²) in [6, 6.07) is 7.85. The molecule has 10 heteroatoms. The Morgan fingerprint density at radius 2 is 1.52 bits per heavy atom. The Kier molecular flexibility index (Phi) is 5.07. The summed E-state index contributed by atoms with van der Waals surface area (Å²) in [5.74, 6) is 0. The van der Waals surface area contributed by atoms with Gasteiger partial charge in [-0.25, -0.2) is 8.42 Å². The molecule has 0 aliphatic carbocycles. The van der Waals surface area contributed by atoms with Crippen molar-refractivity contribution in [3.8, 4) is 6.07 Å². The van der Waals surface area contributed by atoms with Crippen LogP contribution in [0, 0.1) is 11.3 Å². The van der Waals surface area contributed by atoms with Gasteiger partial charge in [-0.3, -0.25) is 0 Å². The van der Waals surface area contributed by atoms with Crippen molar-refractivity contribution < 1.29 is 16.8 Å². The molecule has 1 aliphatic heterocycles. The molecule has 1 heterocycles. The molecule has 0 radical (unpaired) electrons. The molecule has 0 aromatic heterocycles. The largest absolute Gasteiger partial charge is 0.281 e. The van der Waals surface area contributed by atoms with E-state index in [1.807, 2.05) is 6.07 Å². The average Bonchev–Trinajstić information content (AvgIpc) is 2.54. The molecule has 2 rings (SSSR count). The topological polar surface area (TPSA) is 102 Å². The number of sulfonamides is 1. The van der Waals surface area contributed by atoms with Gasteiger partial charge < -0.3 is 0 Å². The van der Waals surface area contributed by atoms with E-state index in [2.05, 4.69) is 0 Å². The zero-order chi connectivity index (χ0) is 17.3. The molecule has 0 spiro atoms. The van der Waals surface area contributed by atoms with Crippen LogP contribution in [0.4, 0.5) is 0 Å². The van der Waals surface area contributed by atoms with E-state index in [0.29, 0.717) is 0 Å². The number of rotatable bonds is 4. The van der Waals surface area contributed by atoms with Gasteiger partial charge in [0.15, 0.2) is 0 Å². The van der Waals surface area contributed by atoms with E-state index in [4.69, 9.17) is 5.26 Å². The molecule has 0 amide bonds. The van der Waals surface area contributed by atoms with Gasteiger partial charge in [-0.1, -0.05) is 12.1 Å². The molecule has 8 nitrogen and oxygen atoms in total. The Morgan fingerprint density at radius 3 is 2.04 bits per heavy atom. The SMILES string of the molecule is CN(C)S(=O)(=O)N1CCN(S(=O)(=O)c2ccccc2C#N)CC1. The van der Waals surface area contributed by atoms with Crippen molar-refractivity contribution in [3.63, 3.8) is 0 Å². The highest BCUT2D eigenvalue weighted by atomic mass is 32.2. The van der Waals surface area contributed by atoms with E-state index < -0.39 is 20.2 Å². The van der Waals surface area contributed by atoms with Crippen LogP contribution < -0.4 is 0 Å². The molecule has 0 N–H and O–H groups in total. The molecule has 1 aromatic carbocycles. The minimum atomic E-state index is -3.82. The fourth-order valence-corrected chi connectivity index (χ4v) is 4.95. The number of nitriles is 1. The van der Waals surface area contributed by atoms with Crippen LogP contribution in [-0.2, 0) is 20.2 Å². The van der Waals surface area contributed by atoms with Gasteiger partial charge >= 0.3 is 0 Å². The van der Waals surface area contributed by atoms with Gasteiger partial charge in [-0.2, -0.15) is 26.6 Å². The summed E-state index contributed by atoms with van der Waals surface area (Å²) in [7, 11) is -4.51. The highest BCUT2D eigenvalue weighted by molar-refractivity contribution is 7.89. The summed E-state index contributed by atoms with van der Waals surface area (Å²) < 4.78 is 53.0. The van der Waals surface area contributed by atoms with E-state index in [0.717, 1.165) is 4.31 Å². The smallest absolute Gasteiger partial charge is 0.207 e. The Morgan fingerprint density at radius 1 is 1.00 bits per heavy atom. The summed E-state index contributed by atoms with van der Waals surface area (Å²) in [5.41, 5.74) is 0.0795. The number of hydrogen-bond donors (Lipinski definition) is 0. The lowest BCUT2D eigenvalue weighted by molar-refractivity contribution is 0.262. The maximum Gasteiger partial charge on any atom is 0.281 e. The normalized spacial score (nSPS) is 18.0. The van der Waals surface area contributed by atoms with Gasteiger partial charge in [-0.05, 0) is 12.1 Å². The van der Waals surface area contributed by atoms with Gasteiger partial charge in [0.2, 0.25) is 10.0 Å². The van der Waals surface area contributed by atoms with E-state index >= 15 is 0 Å². The van der Waals surface area contributed by atoms with Crippen molar-refractivity contribution in [1.82, 2.24) is 12.9 Å². The van der Waals surface area contributed by atoms with Crippen LogP contribution in [-0.4, -0.2) is 70.0 Å². The lowest BCUT2D eigenvalue weighted by Crippen LogP contribution is -2.53. The van der Waals surface area contributed by atoms with E-state index in [-0.39, 0.29) is 36.6 Å². The monoisotopic (exact) mass is 358 g/mol. The summed E-state index contributed by atoms with van der Waals surface area (Å²) in [4.78, 5) is -0.0496. The second-order valence-corrected chi connectivity index (χ2v) is 9.25. The second kappa shape index (κ2) is 6.54. The van der Waals surface area contributed by atoms with Crippen LogP contribution in [0.25, 0.3) is 0 Å². The molecule has 0 saturated carbocycles. The number of benzene rings is 1. The minimum absolute atomic E-state index is 0.0496. The third kappa shape index (κ3) is 3.39. The van der Waals surface area contributed by atoms with Gasteiger partial charge in [0.1, 0.15) is 6.07 Å². The Balaban J connectivity index is 2.22. The van der Waals surface area contributed by atoms with Crippen LogP contribution in [0.1, 0.15) is 5.56 Å². The summed E-state index contributed by atoms with van der Waals surface area (Å²) in [6.45, 7) is 0.257. The second-order valence-electron chi connectivity index (χ2n) is 5.20. The number of nitrogens with zero attached hydrogens (tertiary/aromatic N) is 4. The molecule has 1 aromatic rings. The standard InChI is InChI=1S/C13H18N4O4S2/c1-15(2)23(20,21)17-9-7-16(8-10-17)22(18,19)13-6-4-3-5-12(13)11-14/h3-6H,7-10H2,1-2H3. The van der Waals surface area contributed by atoms with Crippen molar-refractivity contribution in [1.29, 1.82) is 5.26 Å². The molecule has 1 saturated heterocycles. The lowest BCUT2D eigenvalue weighted by Gasteiger charge is -2.34. The zero-order valence-corrected chi connectivity index (χ0v) is 14.5. The third-order valence-electron chi connectivity index (χ3n) is 3.61. The number of hydrogen-bond acceptors (Lipinski definition) is 5. The van der Waals surface area contributed by atoms with E-state index in [9.17, 15) is 16.8 Å². The predicted molar refractivity (Wildman–Crippen MR) is 84.1 cm³/mol. The Labute approximate surface area is 136 Å². The van der Waals surface area contributed by atoms with Crippen molar-refractivity contribution in [2.75, 3.05) is 40.3 Å². The van der Waals surface area contributed by atoms with Gasteiger partial charge in [0.05, 0.1) is 10.5 Å². The first-order chi connectivity index (χ1) is 10.7. The van der Waals surface area contributed by atoms with Gasteiger partial charge in [0, 0.05) is 40.3 Å². The van der Waals surface area contributed by atoms with Gasteiger partial charge in [0.25, 0.3) is 10.2 Å². The highest BCUT2D eigenvalue weighted by Crippen LogP contribution is 2.21. The predicted octanol–water partition coefficient (Wildman–Crippen LogP) is -0.329. The first kappa shape index (κ1) is 17.8. The van der Waals surface area contributed by atoms with Crippen molar-refractivity contribution in [3.05, 3.63) is 29.8 Å². The molecule has 126 valence electrons. The van der Waals surface area contributed by atoms with Crippen LogP contribution >= 0.6 is 0 Å². The molecule has 0 atom stereocenters. The quantitative estimate of drug-likeness (QED) is 0.733. The molecule has 1 fully saturated rings. The third-order valence-corrected chi connectivity index (χ3v) is 7.51. The zero-order valence-electron chi connectivity index (χ0n) is 12.9. The lowest BCUT2D eigenvalue weighted by atomic mass is 10.2. The first-order valence-corrected chi connectivity index (χ1v) is 9.72. The molecule has 0 unspecified atom stereocenters. The maximum absolute atomic E-state index is 12.7. The molecule has 0 bridgehead atoms. The van der Waals surface area contributed by atoms with Crippen LogP contribution in [0.15, 0.2) is 29.2 Å². The molecular formula is C13H18N4O4S2. The van der Waals surface area contributed by atoms with Crippen LogP contribution in [0.2, 0.25) is 0 Å². The van der Waals surface area contributed by atoms with Crippen molar-refractivity contribution in [2.24, 2.45) is 0 Å². The minimum Gasteiger partial charge on any atom is -0.207 e. The fraction of sp³-hybridized carbons (Fsp3) is 0.462. The van der Waals surface area contributed by atoms with Crippen molar-refractivity contribution in [2.45, 2.75) is 4.90 Å². The van der Waals surface area contributed by atoms with Crippen LogP contribution in [0.5, 0.6) is 0 Å². The van der Waals surface area contributed by atoms with E-state index in [1.54, 1.807) is 12.1 Å². The van der Waals surface area contributed by atoms with E-state index in [1.165, 1.54) is 34.8 Å².